The van der Waals surface area contributed by atoms with E-state index in [-0.39, 0.29) is 6.61 Å². The van der Waals surface area contributed by atoms with E-state index in [2.05, 4.69) is 10.3 Å². The summed E-state index contributed by atoms with van der Waals surface area (Å²) in [5.74, 6) is -1.51. The van der Waals surface area contributed by atoms with E-state index in [0.29, 0.717) is 22.5 Å². The zero-order chi connectivity index (χ0) is 23.5. The molecule has 33 heavy (non-hydrogen) atoms. The fourth-order valence-corrected chi connectivity index (χ4v) is 5.47. The number of aromatic nitrogens is 1. The third-order valence-electron chi connectivity index (χ3n) is 5.75. The van der Waals surface area contributed by atoms with E-state index in [1.807, 2.05) is 38.1 Å². The lowest BCUT2D eigenvalue weighted by Gasteiger charge is -2.12. The summed E-state index contributed by atoms with van der Waals surface area (Å²) in [7, 11) is 0. The van der Waals surface area contributed by atoms with E-state index < -0.39 is 24.5 Å². The van der Waals surface area contributed by atoms with Gasteiger partial charge in [0.15, 0.2) is 6.61 Å². The number of carbonyl (C=O) groups excluding carboxylic acids is 3. The van der Waals surface area contributed by atoms with Crippen molar-refractivity contribution in [3.8, 4) is 0 Å². The maximum absolute atomic E-state index is 13.0. The van der Waals surface area contributed by atoms with Crippen molar-refractivity contribution >= 4 is 45.1 Å². The van der Waals surface area contributed by atoms with E-state index in [4.69, 9.17) is 9.47 Å². The number of carbonyl (C=O) groups is 3. The van der Waals surface area contributed by atoms with Crippen molar-refractivity contribution in [3.63, 3.8) is 0 Å². The lowest BCUT2D eigenvalue weighted by molar-refractivity contribution is -0.119. The molecule has 0 saturated heterocycles. The smallest absolute Gasteiger partial charge is 0.341 e. The predicted molar refractivity (Wildman–Crippen MR) is 127 cm³/mol. The van der Waals surface area contributed by atoms with Gasteiger partial charge in [0.1, 0.15) is 5.00 Å². The lowest BCUT2D eigenvalue weighted by atomic mass is 10.0. The summed E-state index contributed by atoms with van der Waals surface area (Å²) in [5.41, 5.74) is 4.29. The summed E-state index contributed by atoms with van der Waals surface area (Å²) >= 11 is 1.32. The van der Waals surface area contributed by atoms with Crippen molar-refractivity contribution in [1.29, 1.82) is 0 Å². The van der Waals surface area contributed by atoms with Crippen molar-refractivity contribution in [1.82, 2.24) is 4.98 Å². The van der Waals surface area contributed by atoms with Crippen LogP contribution in [0.2, 0.25) is 0 Å². The number of para-hydroxylation sites is 1. The minimum absolute atomic E-state index is 0.242. The first-order valence-corrected chi connectivity index (χ1v) is 11.9. The highest BCUT2D eigenvalue weighted by Gasteiger charge is 2.26. The van der Waals surface area contributed by atoms with Gasteiger partial charge in [-0.15, -0.1) is 11.3 Å². The van der Waals surface area contributed by atoms with Gasteiger partial charge >= 0.3 is 11.9 Å². The van der Waals surface area contributed by atoms with Crippen LogP contribution in [-0.4, -0.2) is 36.0 Å². The second-order valence-electron chi connectivity index (χ2n) is 7.82. The highest BCUT2D eigenvalue weighted by Crippen LogP contribution is 2.34. The highest BCUT2D eigenvalue weighted by atomic mass is 32.1. The van der Waals surface area contributed by atoms with Crippen molar-refractivity contribution in [2.75, 3.05) is 18.5 Å². The van der Waals surface area contributed by atoms with Crippen LogP contribution in [0, 0.1) is 6.92 Å². The normalized spacial score (nSPS) is 12.5. The Morgan fingerprint density at radius 1 is 1.06 bits per heavy atom. The van der Waals surface area contributed by atoms with Gasteiger partial charge in [-0.1, -0.05) is 25.1 Å². The van der Waals surface area contributed by atoms with Gasteiger partial charge in [-0.25, -0.2) is 9.59 Å². The first kappa shape index (κ1) is 22.9. The molecule has 1 aliphatic carbocycles. The monoisotopic (exact) mass is 466 g/mol. The number of ether oxygens (including phenoxy) is 2. The highest BCUT2D eigenvalue weighted by molar-refractivity contribution is 7.16. The molecule has 0 atom stereocenters. The number of benzene rings is 1. The van der Waals surface area contributed by atoms with Crippen molar-refractivity contribution in [2.45, 2.75) is 46.5 Å². The molecule has 2 aromatic heterocycles. The quantitative estimate of drug-likeness (QED) is 0.510. The molecule has 0 bridgehead atoms. The number of hydrogen-bond acceptors (Lipinski definition) is 7. The first-order valence-electron chi connectivity index (χ1n) is 11.1. The van der Waals surface area contributed by atoms with Crippen LogP contribution in [0.1, 0.15) is 62.7 Å². The standard InChI is InChI=1S/C25H26N2O5S/c1-4-15-14(3)33-23(22(15)25(30)31-5-2)27-20(28)13-32-24(29)21-16-9-6-7-11-18(16)26-19-12-8-10-17(19)21/h6-7,9,11H,4-5,8,10,12-13H2,1-3H3,(H,27,28). The molecule has 2 heterocycles. The molecule has 1 amide bonds. The van der Waals surface area contributed by atoms with E-state index in [1.165, 1.54) is 11.3 Å². The summed E-state index contributed by atoms with van der Waals surface area (Å²) < 4.78 is 10.6. The molecule has 7 nitrogen and oxygen atoms in total. The number of rotatable bonds is 7. The number of fused-ring (bicyclic) bond motifs is 2. The first-order chi connectivity index (χ1) is 15.9. The van der Waals surface area contributed by atoms with Crippen LogP contribution in [-0.2, 0) is 33.5 Å². The Kier molecular flexibility index (Phi) is 6.74. The molecule has 172 valence electrons. The van der Waals surface area contributed by atoms with Crippen molar-refractivity contribution in [2.24, 2.45) is 0 Å². The maximum atomic E-state index is 13.0. The Hall–Kier alpha value is -3.26. The molecule has 0 spiro atoms. The molecular formula is C25H26N2O5S. The zero-order valence-corrected chi connectivity index (χ0v) is 19.8. The summed E-state index contributed by atoms with van der Waals surface area (Å²) in [5, 5.41) is 3.88. The van der Waals surface area contributed by atoms with Gasteiger partial charge in [0, 0.05) is 16.0 Å². The van der Waals surface area contributed by atoms with Gasteiger partial charge in [-0.3, -0.25) is 9.78 Å². The van der Waals surface area contributed by atoms with Crippen LogP contribution in [0.15, 0.2) is 24.3 Å². The van der Waals surface area contributed by atoms with E-state index in [1.54, 1.807) is 6.92 Å². The van der Waals surface area contributed by atoms with E-state index in [0.717, 1.165) is 51.9 Å². The largest absolute Gasteiger partial charge is 0.462 e. The minimum Gasteiger partial charge on any atom is -0.462 e. The van der Waals surface area contributed by atoms with Crippen LogP contribution in [0.5, 0.6) is 0 Å². The van der Waals surface area contributed by atoms with Crippen LogP contribution in [0.4, 0.5) is 5.00 Å². The third-order valence-corrected chi connectivity index (χ3v) is 6.82. The molecule has 1 aromatic carbocycles. The Balaban J connectivity index is 1.52. The third kappa shape index (κ3) is 4.48. The van der Waals surface area contributed by atoms with Crippen molar-refractivity contribution < 1.29 is 23.9 Å². The molecule has 3 aromatic rings. The Bertz CT molecular complexity index is 1250. The summed E-state index contributed by atoms with van der Waals surface area (Å²) in [6, 6.07) is 7.47. The molecule has 4 rings (SSSR count). The number of nitrogens with one attached hydrogen (secondary N) is 1. The predicted octanol–water partition coefficient (Wildman–Crippen LogP) is 4.63. The second-order valence-corrected chi connectivity index (χ2v) is 9.05. The molecule has 1 N–H and O–H groups in total. The number of esters is 2. The van der Waals surface area contributed by atoms with Crippen LogP contribution < -0.4 is 5.32 Å². The summed E-state index contributed by atoms with van der Waals surface area (Å²) in [6.07, 6.45) is 3.17. The number of hydrogen-bond donors (Lipinski definition) is 1. The van der Waals surface area contributed by atoms with E-state index in [9.17, 15) is 14.4 Å². The molecule has 0 fully saturated rings. The molecule has 0 unspecified atom stereocenters. The average Bonchev–Trinajstić information content (AvgIpc) is 3.39. The Morgan fingerprint density at radius 3 is 2.58 bits per heavy atom. The van der Waals surface area contributed by atoms with Crippen LogP contribution in [0.25, 0.3) is 10.9 Å². The van der Waals surface area contributed by atoms with Gasteiger partial charge in [0.25, 0.3) is 5.91 Å². The van der Waals surface area contributed by atoms with Gasteiger partial charge in [-0.05, 0) is 56.7 Å². The number of nitrogens with zero attached hydrogens (tertiary/aromatic N) is 1. The Morgan fingerprint density at radius 2 is 1.82 bits per heavy atom. The Labute approximate surface area is 196 Å². The number of anilines is 1. The fourth-order valence-electron chi connectivity index (χ4n) is 4.32. The van der Waals surface area contributed by atoms with Crippen LogP contribution in [0.3, 0.4) is 0 Å². The summed E-state index contributed by atoms with van der Waals surface area (Å²) in [6.45, 7) is 5.37. The molecule has 0 saturated carbocycles. The average molecular weight is 467 g/mol. The molecular weight excluding hydrogens is 440 g/mol. The number of pyridine rings is 1. The van der Waals surface area contributed by atoms with Gasteiger partial charge in [-0.2, -0.15) is 0 Å². The van der Waals surface area contributed by atoms with Gasteiger partial charge in [0.05, 0.1) is 23.3 Å². The molecule has 0 radical (unpaired) electrons. The van der Waals surface area contributed by atoms with Gasteiger partial charge in [0.2, 0.25) is 0 Å². The van der Waals surface area contributed by atoms with E-state index >= 15 is 0 Å². The van der Waals surface area contributed by atoms with Crippen LogP contribution >= 0.6 is 11.3 Å². The summed E-state index contributed by atoms with van der Waals surface area (Å²) in [4.78, 5) is 43.8. The lowest BCUT2D eigenvalue weighted by Crippen LogP contribution is -2.22. The second kappa shape index (κ2) is 9.70. The number of thiophene rings is 1. The maximum Gasteiger partial charge on any atom is 0.341 e. The SMILES string of the molecule is CCOC(=O)c1c(NC(=O)COC(=O)c2c3c(nc4ccccc24)CCC3)sc(C)c1CC. The zero-order valence-electron chi connectivity index (χ0n) is 18.9. The molecule has 1 aliphatic rings. The number of aryl methyl sites for hydroxylation is 2. The van der Waals surface area contributed by atoms with Crippen molar-refractivity contribution in [3.05, 3.63) is 57.1 Å². The topological polar surface area (TPSA) is 94.6 Å². The number of amides is 1. The minimum atomic E-state index is -0.538. The molecule has 0 aliphatic heterocycles. The fraction of sp³-hybridized carbons (Fsp3) is 0.360. The van der Waals surface area contributed by atoms with Gasteiger partial charge < -0.3 is 14.8 Å². The molecule has 8 heteroatoms.